The molecule has 4 nitrogen and oxygen atoms in total. The molecule has 110 valence electrons. The second-order valence-corrected chi connectivity index (χ2v) is 8.31. The van der Waals surface area contributed by atoms with Gasteiger partial charge in [0.15, 0.2) is 9.84 Å². The van der Waals surface area contributed by atoms with E-state index in [9.17, 15) is 13.2 Å². The molecule has 0 aromatic heterocycles. The third kappa shape index (κ3) is 4.09. The summed E-state index contributed by atoms with van der Waals surface area (Å²) in [6, 6.07) is 11.5. The van der Waals surface area contributed by atoms with Crippen molar-refractivity contribution in [3.8, 4) is 0 Å². The smallest absolute Gasteiger partial charge is 0.336 e. The molecule has 0 heterocycles. The summed E-state index contributed by atoms with van der Waals surface area (Å²) in [5, 5.41) is 9.08. The fourth-order valence-electron chi connectivity index (χ4n) is 1.62. The largest absolute Gasteiger partial charge is 0.478 e. The van der Waals surface area contributed by atoms with E-state index in [-0.39, 0.29) is 10.5 Å². The highest BCUT2D eigenvalue weighted by atomic mass is 79.9. The van der Waals surface area contributed by atoms with E-state index in [0.717, 1.165) is 16.0 Å². The molecular formula is C14H11BrO4S2. The van der Waals surface area contributed by atoms with E-state index in [2.05, 4.69) is 15.9 Å². The number of carboxylic acid groups (broad SMARTS) is 1. The van der Waals surface area contributed by atoms with Crippen LogP contribution in [0.4, 0.5) is 0 Å². The van der Waals surface area contributed by atoms with Crippen LogP contribution in [0.2, 0.25) is 0 Å². The second-order valence-electron chi connectivity index (χ2n) is 4.29. The molecule has 0 aliphatic heterocycles. The third-order valence-electron chi connectivity index (χ3n) is 2.66. The van der Waals surface area contributed by atoms with E-state index >= 15 is 0 Å². The summed E-state index contributed by atoms with van der Waals surface area (Å²) >= 11 is 4.56. The van der Waals surface area contributed by atoms with Crippen molar-refractivity contribution in [2.75, 3.05) is 6.26 Å². The Morgan fingerprint density at radius 3 is 2.19 bits per heavy atom. The SMILES string of the molecule is CS(=O)(=O)c1ccc(Sc2ccc(Br)c(C(=O)O)c2)cc1. The first kappa shape index (κ1) is 16.1. The Labute approximate surface area is 135 Å². The summed E-state index contributed by atoms with van der Waals surface area (Å²) < 4.78 is 23.3. The Hall–Kier alpha value is -1.31. The van der Waals surface area contributed by atoms with E-state index < -0.39 is 15.8 Å². The standard InChI is InChI=1S/C14H11BrO4S2/c1-21(18,19)11-5-2-9(3-6-11)20-10-4-7-13(15)12(8-10)14(16)17/h2-8H,1H3,(H,16,17). The number of hydrogen-bond donors (Lipinski definition) is 1. The lowest BCUT2D eigenvalue weighted by Crippen LogP contribution is -1.97. The number of carbonyl (C=O) groups is 1. The van der Waals surface area contributed by atoms with Gasteiger partial charge in [0.05, 0.1) is 10.5 Å². The fourth-order valence-corrected chi connectivity index (χ4v) is 3.53. The van der Waals surface area contributed by atoms with Crippen LogP contribution >= 0.6 is 27.7 Å². The Kier molecular flexibility index (Phi) is 4.75. The van der Waals surface area contributed by atoms with Gasteiger partial charge in [-0.05, 0) is 58.4 Å². The molecule has 0 bridgehead atoms. The maximum Gasteiger partial charge on any atom is 0.336 e. The Morgan fingerprint density at radius 1 is 1.10 bits per heavy atom. The Balaban J connectivity index is 2.26. The number of halogens is 1. The Morgan fingerprint density at radius 2 is 1.67 bits per heavy atom. The predicted octanol–water partition coefficient (Wildman–Crippen LogP) is 3.70. The van der Waals surface area contributed by atoms with Crippen LogP contribution in [0.25, 0.3) is 0 Å². The highest BCUT2D eigenvalue weighted by Gasteiger charge is 2.10. The van der Waals surface area contributed by atoms with E-state index in [1.807, 2.05) is 0 Å². The summed E-state index contributed by atoms with van der Waals surface area (Å²) in [6.07, 6.45) is 1.16. The maximum absolute atomic E-state index is 11.4. The van der Waals surface area contributed by atoms with Gasteiger partial charge in [0.1, 0.15) is 0 Å². The number of aromatic carboxylic acids is 1. The second kappa shape index (κ2) is 6.21. The minimum Gasteiger partial charge on any atom is -0.478 e. The summed E-state index contributed by atoms with van der Waals surface area (Å²) in [4.78, 5) is 12.9. The first-order valence-corrected chi connectivity index (χ1v) is 9.28. The van der Waals surface area contributed by atoms with Gasteiger partial charge in [-0.25, -0.2) is 13.2 Å². The molecule has 21 heavy (non-hydrogen) atoms. The van der Waals surface area contributed by atoms with Crippen molar-refractivity contribution in [3.63, 3.8) is 0 Å². The fraction of sp³-hybridized carbons (Fsp3) is 0.0714. The number of rotatable bonds is 4. The van der Waals surface area contributed by atoms with Crippen LogP contribution in [0.1, 0.15) is 10.4 Å². The van der Waals surface area contributed by atoms with Crippen molar-refractivity contribution >= 4 is 43.5 Å². The first-order chi connectivity index (χ1) is 9.77. The molecule has 0 aliphatic rings. The molecule has 0 fully saturated rings. The lowest BCUT2D eigenvalue weighted by Gasteiger charge is -2.05. The lowest BCUT2D eigenvalue weighted by molar-refractivity contribution is 0.0695. The lowest BCUT2D eigenvalue weighted by atomic mass is 10.2. The van der Waals surface area contributed by atoms with Crippen LogP contribution in [-0.4, -0.2) is 25.7 Å². The number of benzene rings is 2. The molecule has 2 rings (SSSR count). The molecule has 1 N–H and O–H groups in total. The van der Waals surface area contributed by atoms with Crippen molar-refractivity contribution in [3.05, 3.63) is 52.5 Å². The molecule has 0 radical (unpaired) electrons. The normalized spacial score (nSPS) is 11.3. The summed E-state index contributed by atoms with van der Waals surface area (Å²) in [5.41, 5.74) is 0.188. The zero-order chi connectivity index (χ0) is 15.6. The quantitative estimate of drug-likeness (QED) is 0.866. The van der Waals surface area contributed by atoms with Crippen molar-refractivity contribution in [1.29, 1.82) is 0 Å². The molecule has 0 saturated heterocycles. The zero-order valence-electron chi connectivity index (χ0n) is 10.9. The van der Waals surface area contributed by atoms with E-state index in [0.29, 0.717) is 4.47 Å². The highest BCUT2D eigenvalue weighted by Crippen LogP contribution is 2.31. The molecule has 0 amide bonds. The molecule has 2 aromatic rings. The van der Waals surface area contributed by atoms with Gasteiger partial charge in [-0.3, -0.25) is 0 Å². The van der Waals surface area contributed by atoms with E-state index in [1.54, 1.807) is 30.3 Å². The molecule has 7 heteroatoms. The van der Waals surface area contributed by atoms with Crippen LogP contribution in [0, 0.1) is 0 Å². The van der Waals surface area contributed by atoms with Crippen LogP contribution in [0.5, 0.6) is 0 Å². The van der Waals surface area contributed by atoms with Gasteiger partial charge in [0.2, 0.25) is 0 Å². The molecule has 0 spiro atoms. The minimum atomic E-state index is -3.21. The van der Waals surface area contributed by atoms with Crippen LogP contribution in [-0.2, 0) is 9.84 Å². The van der Waals surface area contributed by atoms with Crippen molar-refractivity contribution in [1.82, 2.24) is 0 Å². The molecular weight excluding hydrogens is 376 g/mol. The van der Waals surface area contributed by atoms with E-state index in [4.69, 9.17) is 5.11 Å². The van der Waals surface area contributed by atoms with Gasteiger partial charge < -0.3 is 5.11 Å². The monoisotopic (exact) mass is 386 g/mol. The molecule has 0 atom stereocenters. The third-order valence-corrected chi connectivity index (χ3v) is 5.47. The van der Waals surface area contributed by atoms with Crippen LogP contribution in [0.15, 0.2) is 61.6 Å². The van der Waals surface area contributed by atoms with Gasteiger partial charge in [-0.15, -0.1) is 0 Å². The van der Waals surface area contributed by atoms with Crippen molar-refractivity contribution in [2.24, 2.45) is 0 Å². The molecule has 2 aromatic carbocycles. The first-order valence-electron chi connectivity index (χ1n) is 5.78. The van der Waals surface area contributed by atoms with Gasteiger partial charge in [-0.2, -0.15) is 0 Å². The average Bonchev–Trinajstić information content (AvgIpc) is 2.40. The molecule has 0 saturated carbocycles. The van der Waals surface area contributed by atoms with Crippen molar-refractivity contribution in [2.45, 2.75) is 14.7 Å². The topological polar surface area (TPSA) is 71.4 Å². The zero-order valence-corrected chi connectivity index (χ0v) is 14.1. The van der Waals surface area contributed by atoms with Gasteiger partial charge >= 0.3 is 5.97 Å². The highest BCUT2D eigenvalue weighted by molar-refractivity contribution is 9.10. The summed E-state index contributed by atoms with van der Waals surface area (Å²) in [6.45, 7) is 0. The van der Waals surface area contributed by atoms with Gasteiger partial charge in [-0.1, -0.05) is 11.8 Å². The molecule has 0 aliphatic carbocycles. The maximum atomic E-state index is 11.4. The summed E-state index contributed by atoms with van der Waals surface area (Å²) in [5.74, 6) is -1.00. The van der Waals surface area contributed by atoms with Crippen LogP contribution < -0.4 is 0 Å². The Bertz CT molecular complexity index is 783. The van der Waals surface area contributed by atoms with Gasteiger partial charge in [0, 0.05) is 20.5 Å². The summed E-state index contributed by atoms with van der Waals surface area (Å²) in [7, 11) is -3.21. The molecule has 0 unspecified atom stereocenters. The minimum absolute atomic E-state index is 0.188. The number of carboxylic acids is 1. The van der Waals surface area contributed by atoms with Gasteiger partial charge in [0.25, 0.3) is 0 Å². The number of hydrogen-bond acceptors (Lipinski definition) is 4. The predicted molar refractivity (Wildman–Crippen MR) is 84.8 cm³/mol. The number of sulfone groups is 1. The average molecular weight is 387 g/mol. The van der Waals surface area contributed by atoms with Crippen molar-refractivity contribution < 1.29 is 18.3 Å². The van der Waals surface area contributed by atoms with Crippen LogP contribution in [0.3, 0.4) is 0 Å². The van der Waals surface area contributed by atoms with E-state index in [1.165, 1.54) is 23.9 Å².